The van der Waals surface area contributed by atoms with Gasteiger partial charge < -0.3 is 9.94 Å². The van der Waals surface area contributed by atoms with Gasteiger partial charge in [0.2, 0.25) is 11.2 Å². The van der Waals surface area contributed by atoms with Gasteiger partial charge in [0.05, 0.1) is 17.5 Å². The highest BCUT2D eigenvalue weighted by Crippen LogP contribution is 2.39. The molecule has 0 fully saturated rings. The molecule has 0 aliphatic carbocycles. The minimum atomic E-state index is -0.879. The number of carbonyl (C=O) groups excluding carboxylic acids is 1. The van der Waals surface area contributed by atoms with E-state index < -0.39 is 5.41 Å². The molecule has 5 rings (SSSR count). The molecule has 0 spiro atoms. The monoisotopic (exact) mass is 362 g/mol. The van der Waals surface area contributed by atoms with Gasteiger partial charge in [-0.25, -0.2) is 0 Å². The minimum absolute atomic E-state index is 0.0153. The third-order valence-electron chi connectivity index (χ3n) is 6.06. The van der Waals surface area contributed by atoms with Gasteiger partial charge in [0.15, 0.2) is 0 Å². The van der Waals surface area contributed by atoms with Crippen molar-refractivity contribution in [3.05, 3.63) is 68.6 Å². The van der Waals surface area contributed by atoms with Gasteiger partial charge in [-0.15, -0.1) is 0 Å². The first-order valence-electron chi connectivity index (χ1n) is 9.04. The van der Waals surface area contributed by atoms with Crippen molar-refractivity contribution in [1.82, 2.24) is 4.57 Å². The molecule has 1 atom stereocenters. The molecule has 2 aromatic heterocycles. The maximum atomic E-state index is 13.1. The molecule has 3 aromatic rings. The molecule has 6 nitrogen and oxygen atoms in total. The van der Waals surface area contributed by atoms with E-state index in [1.165, 1.54) is 0 Å². The van der Waals surface area contributed by atoms with Crippen LogP contribution in [0.5, 0.6) is 0 Å². The molecule has 136 valence electrons. The topological polar surface area (TPSA) is 75.2 Å². The molecule has 27 heavy (non-hydrogen) atoms. The smallest absolute Gasteiger partial charge is 0.316 e. The molecular weight excluding hydrogens is 344 g/mol. The Bertz CT molecular complexity index is 1210. The van der Waals surface area contributed by atoms with Crippen LogP contribution in [0.2, 0.25) is 0 Å². The molecular formula is C21H18N2O4. The summed E-state index contributed by atoms with van der Waals surface area (Å²) in [7, 11) is 0. The third kappa shape index (κ3) is 1.92. The van der Waals surface area contributed by atoms with Crippen molar-refractivity contribution >= 4 is 16.9 Å². The van der Waals surface area contributed by atoms with Crippen LogP contribution in [0.3, 0.4) is 0 Å². The largest absolute Gasteiger partial charge is 0.618 e. The summed E-state index contributed by atoms with van der Waals surface area (Å²) >= 11 is 0. The second-order valence-corrected chi connectivity index (χ2v) is 7.45. The van der Waals surface area contributed by atoms with Crippen molar-refractivity contribution in [1.29, 1.82) is 0 Å². The van der Waals surface area contributed by atoms with Gasteiger partial charge in [0.1, 0.15) is 12.3 Å². The molecule has 1 aromatic carbocycles. The number of hydrogen-bond donors (Lipinski definition) is 0. The van der Waals surface area contributed by atoms with Crippen LogP contribution in [0.25, 0.3) is 22.3 Å². The Labute approximate surface area is 155 Å². The molecule has 0 amide bonds. The molecule has 0 saturated carbocycles. The number of ether oxygens (including phenoxy) is 1. The maximum absolute atomic E-state index is 13.1. The molecule has 2 aliphatic heterocycles. The van der Waals surface area contributed by atoms with Gasteiger partial charge in [0, 0.05) is 17.0 Å². The number of pyridine rings is 2. The van der Waals surface area contributed by atoms with Gasteiger partial charge in [-0.1, -0.05) is 19.1 Å². The van der Waals surface area contributed by atoms with E-state index in [9.17, 15) is 14.8 Å². The molecule has 0 bridgehead atoms. The van der Waals surface area contributed by atoms with E-state index in [4.69, 9.17) is 4.74 Å². The number of aromatic nitrogens is 2. The highest BCUT2D eigenvalue weighted by atomic mass is 16.5. The number of nitrogens with zero attached hydrogens (tertiary/aromatic N) is 2. The summed E-state index contributed by atoms with van der Waals surface area (Å²) in [6, 6.07) is 11.2. The number of hydrogen-bond acceptors (Lipinski definition) is 4. The summed E-state index contributed by atoms with van der Waals surface area (Å²) in [4.78, 5) is 25.6. The van der Waals surface area contributed by atoms with E-state index in [-0.39, 0.29) is 18.1 Å². The Hall–Kier alpha value is -3.15. The van der Waals surface area contributed by atoms with Crippen molar-refractivity contribution in [2.45, 2.75) is 38.8 Å². The summed E-state index contributed by atoms with van der Waals surface area (Å²) in [6.45, 7) is 4.03. The van der Waals surface area contributed by atoms with E-state index in [0.717, 1.165) is 15.7 Å². The Kier molecular flexibility index (Phi) is 3.09. The summed E-state index contributed by atoms with van der Waals surface area (Å²) in [5.41, 5.74) is 2.57. The lowest BCUT2D eigenvalue weighted by Crippen LogP contribution is -2.42. The highest BCUT2D eigenvalue weighted by molar-refractivity contribution is 5.86. The second kappa shape index (κ2) is 5.19. The second-order valence-electron chi connectivity index (χ2n) is 7.45. The van der Waals surface area contributed by atoms with Crippen LogP contribution >= 0.6 is 0 Å². The summed E-state index contributed by atoms with van der Waals surface area (Å²) < 4.78 is 7.82. The Balaban J connectivity index is 1.85. The molecule has 4 heterocycles. The van der Waals surface area contributed by atoms with E-state index in [2.05, 4.69) is 0 Å². The zero-order valence-corrected chi connectivity index (χ0v) is 15.1. The Morgan fingerprint density at radius 3 is 2.81 bits per heavy atom. The van der Waals surface area contributed by atoms with Crippen molar-refractivity contribution in [2.24, 2.45) is 0 Å². The SMILES string of the molecule is CC[C@@]1(C)C(=O)OCc2c1cc1n(c2=O)Cc2cc3ccccc3[n+]([O-])c2-1. The predicted molar refractivity (Wildman–Crippen MR) is 99.1 cm³/mol. The number of benzene rings is 1. The number of esters is 1. The van der Waals surface area contributed by atoms with Gasteiger partial charge in [-0.3, -0.25) is 14.2 Å². The van der Waals surface area contributed by atoms with E-state index in [0.29, 0.717) is 41.0 Å². The number of cyclic esters (lactones) is 1. The van der Waals surface area contributed by atoms with Crippen LogP contribution < -0.4 is 10.3 Å². The maximum Gasteiger partial charge on any atom is 0.316 e. The Morgan fingerprint density at radius 2 is 2.04 bits per heavy atom. The fourth-order valence-electron chi connectivity index (χ4n) is 4.28. The first-order chi connectivity index (χ1) is 13.0. The van der Waals surface area contributed by atoms with Crippen molar-refractivity contribution < 1.29 is 14.3 Å². The van der Waals surface area contributed by atoms with Crippen LogP contribution in [-0.4, -0.2) is 10.5 Å². The summed E-state index contributed by atoms with van der Waals surface area (Å²) in [6.07, 6.45) is 0.518. The number of carbonyl (C=O) groups is 1. The fourth-order valence-corrected chi connectivity index (χ4v) is 4.28. The van der Waals surface area contributed by atoms with Crippen LogP contribution in [-0.2, 0) is 28.1 Å². The number of fused-ring (bicyclic) bond motifs is 5. The Morgan fingerprint density at radius 1 is 1.26 bits per heavy atom. The lowest BCUT2D eigenvalue weighted by atomic mass is 9.76. The lowest BCUT2D eigenvalue weighted by Gasteiger charge is -2.33. The van der Waals surface area contributed by atoms with E-state index in [1.54, 1.807) is 17.6 Å². The summed E-state index contributed by atoms with van der Waals surface area (Å²) in [5, 5.41) is 13.9. The van der Waals surface area contributed by atoms with Crippen LogP contribution in [0.4, 0.5) is 0 Å². The molecule has 2 aliphatic rings. The quantitative estimate of drug-likeness (QED) is 0.296. The summed E-state index contributed by atoms with van der Waals surface area (Å²) in [5.74, 6) is -0.325. The average molecular weight is 362 g/mol. The lowest BCUT2D eigenvalue weighted by molar-refractivity contribution is -0.565. The van der Waals surface area contributed by atoms with Gasteiger partial charge in [-0.05, 0) is 37.1 Å². The highest BCUT2D eigenvalue weighted by Gasteiger charge is 2.43. The van der Waals surface area contributed by atoms with E-state index >= 15 is 0 Å². The van der Waals surface area contributed by atoms with E-state index in [1.807, 2.05) is 37.3 Å². The van der Waals surface area contributed by atoms with Gasteiger partial charge in [-0.2, -0.15) is 4.73 Å². The normalized spacial score (nSPS) is 20.1. The number of para-hydroxylation sites is 1. The van der Waals surface area contributed by atoms with Crippen molar-refractivity contribution in [3.8, 4) is 11.4 Å². The molecule has 0 unspecified atom stereocenters. The third-order valence-corrected chi connectivity index (χ3v) is 6.06. The minimum Gasteiger partial charge on any atom is -0.618 e. The molecule has 0 saturated heterocycles. The van der Waals surface area contributed by atoms with Crippen LogP contribution in [0.1, 0.15) is 37.0 Å². The molecule has 6 heteroatoms. The fraction of sp³-hybridized carbons (Fsp3) is 0.286. The zero-order chi connectivity index (χ0) is 18.9. The van der Waals surface area contributed by atoms with Crippen molar-refractivity contribution in [3.63, 3.8) is 0 Å². The first kappa shape index (κ1) is 16.1. The molecule has 0 radical (unpaired) electrons. The van der Waals surface area contributed by atoms with Crippen LogP contribution in [0, 0.1) is 5.21 Å². The average Bonchev–Trinajstić information content (AvgIpc) is 3.04. The van der Waals surface area contributed by atoms with Gasteiger partial charge in [0.25, 0.3) is 5.56 Å². The molecule has 0 N–H and O–H groups in total. The van der Waals surface area contributed by atoms with Gasteiger partial charge >= 0.3 is 5.97 Å². The zero-order valence-electron chi connectivity index (χ0n) is 15.1. The van der Waals surface area contributed by atoms with Crippen LogP contribution in [0.15, 0.2) is 41.2 Å². The first-order valence-corrected chi connectivity index (χ1v) is 9.04. The number of rotatable bonds is 1. The van der Waals surface area contributed by atoms with Crippen molar-refractivity contribution in [2.75, 3.05) is 0 Å². The standard InChI is InChI=1S/C21H18N2O4/c1-3-21(2)15-9-17-18-13(8-12-6-4-5-7-16(12)23(18)26)10-22(17)19(24)14(15)11-27-20(21)25/h4-9H,3,10-11H2,1-2H3/t21-/m1/s1. The predicted octanol–water partition coefficient (Wildman–Crippen LogP) is 2.39.